The first-order valence-corrected chi connectivity index (χ1v) is 25.7. The number of aliphatic hydroxyl groups is 7. The van der Waals surface area contributed by atoms with Crippen molar-refractivity contribution >= 4 is 13.7 Å². The van der Waals surface area contributed by atoms with Gasteiger partial charge >= 0.3 is 7.82 Å². The van der Waals surface area contributed by atoms with E-state index in [0.717, 1.165) is 64.2 Å². The second-order valence-corrected chi connectivity index (χ2v) is 18.5. The van der Waals surface area contributed by atoms with Crippen LogP contribution in [0.5, 0.6) is 0 Å². The van der Waals surface area contributed by atoms with Gasteiger partial charge in [-0.25, -0.2) is 4.57 Å². The van der Waals surface area contributed by atoms with Gasteiger partial charge in [-0.2, -0.15) is 0 Å². The van der Waals surface area contributed by atoms with Crippen LogP contribution < -0.4 is 5.32 Å². The minimum Gasteiger partial charge on any atom is -0.393 e. The fourth-order valence-electron chi connectivity index (χ4n) is 7.38. The molecule has 8 atom stereocenters. The van der Waals surface area contributed by atoms with E-state index in [1.54, 1.807) is 6.08 Å². The van der Waals surface area contributed by atoms with Gasteiger partial charge in [0.2, 0.25) is 5.91 Å². The average molecular weight is 902 g/mol. The average Bonchev–Trinajstić information content (AvgIpc) is 3.24. The Morgan fingerprint density at radius 3 is 1.42 bits per heavy atom. The molecule has 1 amide bonds. The Morgan fingerprint density at radius 1 is 0.565 bits per heavy atom. The van der Waals surface area contributed by atoms with Gasteiger partial charge in [-0.15, -0.1) is 0 Å². The summed E-state index contributed by atoms with van der Waals surface area (Å²) in [6.45, 7) is 3.70. The van der Waals surface area contributed by atoms with E-state index in [0.29, 0.717) is 19.3 Å². The third-order valence-corrected chi connectivity index (χ3v) is 12.3. The number of phosphoric ester groups is 1. The number of hydrogen-bond acceptors (Lipinski definition) is 11. The Labute approximate surface area is 374 Å². The number of carbonyl (C=O) groups excluding carboxylic acids is 1. The number of phosphoric acid groups is 1. The summed E-state index contributed by atoms with van der Waals surface area (Å²) in [6, 6.07) is -1.27. The maximum absolute atomic E-state index is 13.0. The molecule has 0 aromatic carbocycles. The van der Waals surface area contributed by atoms with Crippen molar-refractivity contribution < 1.29 is 59.0 Å². The van der Waals surface area contributed by atoms with Gasteiger partial charge in [0.1, 0.15) is 36.6 Å². The molecule has 62 heavy (non-hydrogen) atoms. The molecule has 13 nitrogen and oxygen atoms in total. The lowest BCUT2D eigenvalue weighted by Gasteiger charge is -2.41. The van der Waals surface area contributed by atoms with Crippen LogP contribution in [0.4, 0.5) is 0 Å². The molecule has 0 aromatic heterocycles. The number of nitrogens with one attached hydrogen (secondary N) is 1. The van der Waals surface area contributed by atoms with Gasteiger partial charge in [0, 0.05) is 0 Å². The van der Waals surface area contributed by atoms with Gasteiger partial charge in [-0.1, -0.05) is 159 Å². The highest BCUT2D eigenvalue weighted by atomic mass is 31.2. The molecule has 9 N–H and O–H groups in total. The molecule has 0 heterocycles. The summed E-state index contributed by atoms with van der Waals surface area (Å²) in [5.41, 5.74) is 0. The predicted octanol–water partition coefficient (Wildman–Crippen LogP) is 8.31. The molecule has 14 heteroatoms. The SMILES string of the molecule is CCCCCCC/C=C/CC/C=C/CC/C=C/C(O)C(COP(=O)(O)OC1C(O)C(O)C(O)C(O)C1O)NC(=O)CC(O)CCCCCCC/C=C\CCCCCCCCCC. The van der Waals surface area contributed by atoms with Gasteiger partial charge < -0.3 is 46.0 Å². The van der Waals surface area contributed by atoms with Crippen molar-refractivity contribution in [2.45, 2.75) is 242 Å². The van der Waals surface area contributed by atoms with Gasteiger partial charge in [0.25, 0.3) is 0 Å². The van der Waals surface area contributed by atoms with Crippen LogP contribution >= 0.6 is 7.82 Å². The Bertz CT molecular complexity index is 1250. The summed E-state index contributed by atoms with van der Waals surface area (Å²) < 4.78 is 22.9. The van der Waals surface area contributed by atoms with Crippen molar-refractivity contribution in [2.24, 2.45) is 0 Å². The van der Waals surface area contributed by atoms with Crippen LogP contribution in [-0.2, 0) is 18.4 Å². The largest absolute Gasteiger partial charge is 0.472 e. The molecule has 0 radical (unpaired) electrons. The Hall–Kier alpha value is -1.74. The van der Waals surface area contributed by atoms with Crippen LogP contribution in [0.3, 0.4) is 0 Å². The molecule has 0 spiro atoms. The number of carbonyl (C=O) groups is 1. The number of unbranched alkanes of at least 4 members (excludes halogenated alkanes) is 20. The first kappa shape index (κ1) is 58.3. The third-order valence-electron chi connectivity index (χ3n) is 11.4. The maximum atomic E-state index is 13.0. The lowest BCUT2D eigenvalue weighted by atomic mass is 9.85. The van der Waals surface area contributed by atoms with E-state index in [9.17, 15) is 50.0 Å². The number of amides is 1. The van der Waals surface area contributed by atoms with Crippen LogP contribution in [0.15, 0.2) is 48.6 Å². The van der Waals surface area contributed by atoms with E-state index in [-0.39, 0.29) is 6.42 Å². The number of rotatable bonds is 39. The summed E-state index contributed by atoms with van der Waals surface area (Å²) >= 11 is 0. The highest BCUT2D eigenvalue weighted by molar-refractivity contribution is 7.47. The van der Waals surface area contributed by atoms with Crippen LogP contribution in [0.2, 0.25) is 0 Å². The molecule has 0 aromatic rings. The van der Waals surface area contributed by atoms with Crippen LogP contribution in [0.25, 0.3) is 0 Å². The molecular formula is C48H88NO12P. The van der Waals surface area contributed by atoms with Gasteiger partial charge in [-0.05, 0) is 70.6 Å². The Balaban J connectivity index is 2.56. The molecule has 8 unspecified atom stereocenters. The first-order chi connectivity index (χ1) is 29.8. The van der Waals surface area contributed by atoms with Gasteiger partial charge in [-0.3, -0.25) is 13.8 Å². The summed E-state index contributed by atoms with van der Waals surface area (Å²) in [7, 11) is -5.16. The van der Waals surface area contributed by atoms with Crippen LogP contribution in [0.1, 0.15) is 187 Å². The zero-order valence-corrected chi connectivity index (χ0v) is 39.2. The smallest absolute Gasteiger partial charge is 0.393 e. The van der Waals surface area contributed by atoms with E-state index < -0.39 is 75.2 Å². The fraction of sp³-hybridized carbons (Fsp3) is 0.812. The zero-order chi connectivity index (χ0) is 45.9. The summed E-state index contributed by atoms with van der Waals surface area (Å²) in [6.07, 6.45) is 30.5. The molecule has 1 aliphatic carbocycles. The summed E-state index contributed by atoms with van der Waals surface area (Å²) in [5, 5.41) is 74.5. The quantitative estimate of drug-likeness (QED) is 0.0161. The molecule has 1 fully saturated rings. The van der Waals surface area contributed by atoms with Crippen molar-refractivity contribution in [1.82, 2.24) is 5.32 Å². The monoisotopic (exact) mass is 902 g/mol. The van der Waals surface area contributed by atoms with E-state index in [2.05, 4.69) is 55.6 Å². The Morgan fingerprint density at radius 2 is 0.952 bits per heavy atom. The second-order valence-electron chi connectivity index (χ2n) is 17.1. The standard InChI is InChI=1S/C48H88NO12P/c1-3-5-7-9-11-13-15-17-19-20-22-23-25-27-29-31-33-35-39(50)37-42(52)49-40(38-60-62(58,59)61-48-46(56)44(54)43(53)45(55)47(48)57)41(51)36-34-32-30-28-26-24-21-18-16-14-12-10-8-6-4-2/h16,18,20,22,26,28,34,36,39-41,43-48,50-51,53-57H,3-15,17,19,21,23-25,27,29-33,35,37-38H2,1-2H3,(H,49,52)(H,58,59)/b18-16+,22-20-,28-26+,36-34+. The Kier molecular flexibility index (Phi) is 35.2. The normalized spacial score (nSPS) is 23.5. The van der Waals surface area contributed by atoms with Crippen molar-refractivity contribution in [3.63, 3.8) is 0 Å². The molecule has 0 aliphatic heterocycles. The summed E-state index contributed by atoms with van der Waals surface area (Å²) in [4.78, 5) is 23.4. The van der Waals surface area contributed by atoms with Gasteiger partial charge in [0.05, 0.1) is 31.3 Å². The second kappa shape index (κ2) is 37.5. The number of allylic oxidation sites excluding steroid dienone is 7. The topological polar surface area (TPSA) is 226 Å². The minimum absolute atomic E-state index is 0.263. The first-order valence-electron chi connectivity index (χ1n) is 24.2. The van der Waals surface area contributed by atoms with E-state index in [1.807, 2.05) is 0 Å². The maximum Gasteiger partial charge on any atom is 0.472 e. The van der Waals surface area contributed by atoms with E-state index in [4.69, 9.17) is 9.05 Å². The number of hydrogen-bond donors (Lipinski definition) is 9. The molecule has 1 rings (SSSR count). The van der Waals surface area contributed by atoms with Gasteiger partial charge in [0.15, 0.2) is 0 Å². The van der Waals surface area contributed by atoms with Crippen molar-refractivity contribution in [3.8, 4) is 0 Å². The van der Waals surface area contributed by atoms with Crippen molar-refractivity contribution in [2.75, 3.05) is 6.61 Å². The minimum atomic E-state index is -5.16. The summed E-state index contributed by atoms with van der Waals surface area (Å²) in [5.74, 6) is -0.613. The molecule has 362 valence electrons. The van der Waals surface area contributed by atoms with Crippen molar-refractivity contribution in [1.29, 1.82) is 0 Å². The predicted molar refractivity (Wildman–Crippen MR) is 247 cm³/mol. The van der Waals surface area contributed by atoms with Crippen LogP contribution in [0, 0.1) is 0 Å². The van der Waals surface area contributed by atoms with E-state index in [1.165, 1.54) is 89.5 Å². The molecule has 0 bridgehead atoms. The molecule has 0 saturated heterocycles. The lowest BCUT2D eigenvalue weighted by Crippen LogP contribution is -2.64. The fourth-order valence-corrected chi connectivity index (χ4v) is 8.35. The molecular weight excluding hydrogens is 813 g/mol. The molecule has 1 aliphatic rings. The van der Waals surface area contributed by atoms with E-state index >= 15 is 0 Å². The zero-order valence-electron chi connectivity index (χ0n) is 38.3. The lowest BCUT2D eigenvalue weighted by molar-refractivity contribution is -0.220. The highest BCUT2D eigenvalue weighted by Gasteiger charge is 2.51. The van der Waals surface area contributed by atoms with Crippen LogP contribution in [-0.4, -0.2) is 108 Å². The highest BCUT2D eigenvalue weighted by Crippen LogP contribution is 2.47. The number of aliphatic hydroxyl groups excluding tert-OH is 7. The van der Waals surface area contributed by atoms with Crippen molar-refractivity contribution in [3.05, 3.63) is 48.6 Å². The molecule has 1 saturated carbocycles. The third kappa shape index (κ3) is 28.9.